The molecule has 2 atom stereocenters. The van der Waals surface area contributed by atoms with Crippen molar-refractivity contribution >= 4 is 11.8 Å². The second kappa shape index (κ2) is 6.04. The Morgan fingerprint density at radius 3 is 2.44 bits per heavy atom. The van der Waals surface area contributed by atoms with Gasteiger partial charge in [0.25, 0.3) is 0 Å². The van der Waals surface area contributed by atoms with Gasteiger partial charge in [0.1, 0.15) is 0 Å². The van der Waals surface area contributed by atoms with Crippen LogP contribution >= 0.6 is 0 Å². The summed E-state index contributed by atoms with van der Waals surface area (Å²) in [5.41, 5.74) is 0.310. The van der Waals surface area contributed by atoms with Crippen molar-refractivity contribution in [1.29, 1.82) is 0 Å². The van der Waals surface area contributed by atoms with Crippen LogP contribution in [-0.2, 0) is 16.0 Å². The predicted octanol–water partition coefficient (Wildman–Crippen LogP) is 3.06. The van der Waals surface area contributed by atoms with Crippen LogP contribution in [0.15, 0.2) is 18.2 Å². The quantitative estimate of drug-likeness (QED) is 0.770. The van der Waals surface area contributed by atoms with E-state index in [1.807, 2.05) is 25.1 Å². The number of rotatable bonds is 5. The molecule has 0 spiro atoms. The summed E-state index contributed by atoms with van der Waals surface area (Å²) in [6, 6.07) is 5.70. The summed E-state index contributed by atoms with van der Waals surface area (Å²) >= 11 is 0. The second-order valence-electron chi connectivity index (χ2n) is 7.88. The molecule has 1 aliphatic carbocycles. The molecular weight excluding hydrogens is 318 g/mol. The zero-order chi connectivity index (χ0) is 18.4. The number of hydrogen-bond acceptors (Lipinski definition) is 4. The molecule has 2 aliphatic rings. The van der Waals surface area contributed by atoms with Crippen LogP contribution in [-0.4, -0.2) is 37.5 Å². The van der Waals surface area contributed by atoms with Gasteiger partial charge < -0.3 is 9.47 Å². The van der Waals surface area contributed by atoms with Crippen molar-refractivity contribution in [2.45, 2.75) is 40.0 Å². The van der Waals surface area contributed by atoms with Gasteiger partial charge in [0.2, 0.25) is 11.8 Å². The molecule has 0 unspecified atom stereocenters. The molecule has 136 valence electrons. The molecule has 25 heavy (non-hydrogen) atoms. The van der Waals surface area contributed by atoms with Gasteiger partial charge >= 0.3 is 0 Å². The number of benzene rings is 1. The first kappa shape index (κ1) is 17.8. The maximum absolute atomic E-state index is 13.0. The van der Waals surface area contributed by atoms with E-state index in [1.54, 1.807) is 14.2 Å². The molecule has 2 fully saturated rings. The standard InChI is InChI=1S/C20H27NO4/c1-19(2)14-8-10-20(19,3)18(23)21(17(14)22)11-9-13-6-7-15(24-4)16(12-13)25-5/h6-7,12,14H,8-11H2,1-5H3/t14-,20+/m1/s1. The average Bonchev–Trinajstić information content (AvgIpc) is 2.78. The van der Waals surface area contributed by atoms with Crippen LogP contribution in [0, 0.1) is 16.7 Å². The van der Waals surface area contributed by atoms with E-state index in [0.29, 0.717) is 24.5 Å². The Morgan fingerprint density at radius 1 is 1.12 bits per heavy atom. The number of carbonyl (C=O) groups excluding carboxylic acids is 2. The first-order valence-electron chi connectivity index (χ1n) is 8.83. The molecule has 2 bridgehead atoms. The Balaban J connectivity index is 1.78. The molecule has 0 N–H and O–H groups in total. The maximum Gasteiger partial charge on any atom is 0.235 e. The minimum absolute atomic E-state index is 0.00884. The van der Waals surface area contributed by atoms with Crippen molar-refractivity contribution in [3.63, 3.8) is 0 Å². The van der Waals surface area contributed by atoms with Crippen LogP contribution in [0.5, 0.6) is 11.5 Å². The molecule has 1 aliphatic heterocycles. The fourth-order valence-electron chi connectivity index (χ4n) is 4.39. The van der Waals surface area contributed by atoms with E-state index in [2.05, 4.69) is 13.8 Å². The third kappa shape index (κ3) is 2.52. The summed E-state index contributed by atoms with van der Waals surface area (Å²) in [6.45, 7) is 6.55. The number of piperidine rings is 1. The largest absolute Gasteiger partial charge is 0.493 e. The first-order valence-corrected chi connectivity index (χ1v) is 8.83. The lowest BCUT2D eigenvalue weighted by atomic mass is 9.62. The van der Waals surface area contributed by atoms with Crippen LogP contribution in [0.2, 0.25) is 0 Å². The summed E-state index contributed by atoms with van der Waals surface area (Å²) in [7, 11) is 3.20. The number of imide groups is 1. The van der Waals surface area contributed by atoms with Gasteiger partial charge in [-0.25, -0.2) is 0 Å². The van der Waals surface area contributed by atoms with E-state index in [1.165, 1.54) is 4.90 Å². The Morgan fingerprint density at radius 2 is 1.80 bits per heavy atom. The molecule has 1 aromatic rings. The van der Waals surface area contributed by atoms with E-state index in [4.69, 9.17) is 9.47 Å². The van der Waals surface area contributed by atoms with Gasteiger partial charge in [0.15, 0.2) is 11.5 Å². The number of fused-ring (bicyclic) bond motifs is 2. The van der Waals surface area contributed by atoms with Gasteiger partial charge in [-0.3, -0.25) is 14.5 Å². The third-order valence-electron chi connectivity index (χ3n) is 6.58. The lowest BCUT2D eigenvalue weighted by Gasteiger charge is -2.47. The highest BCUT2D eigenvalue weighted by atomic mass is 16.5. The van der Waals surface area contributed by atoms with Crippen molar-refractivity contribution in [2.24, 2.45) is 16.7 Å². The molecule has 1 saturated carbocycles. The highest BCUT2D eigenvalue weighted by molar-refractivity contribution is 6.03. The molecule has 1 heterocycles. The number of carbonyl (C=O) groups is 2. The molecule has 3 rings (SSSR count). The predicted molar refractivity (Wildman–Crippen MR) is 94.6 cm³/mol. The van der Waals surface area contributed by atoms with Crippen LogP contribution in [0.4, 0.5) is 0 Å². The third-order valence-corrected chi connectivity index (χ3v) is 6.58. The van der Waals surface area contributed by atoms with Gasteiger partial charge in [0.05, 0.1) is 19.6 Å². The summed E-state index contributed by atoms with van der Waals surface area (Å²) < 4.78 is 10.6. The number of methoxy groups -OCH3 is 2. The van der Waals surface area contributed by atoms with Gasteiger partial charge in [-0.15, -0.1) is 0 Å². The molecular formula is C20H27NO4. The fraction of sp³-hybridized carbons (Fsp3) is 0.600. The normalized spacial score (nSPS) is 27.6. The number of amides is 2. The maximum atomic E-state index is 13.0. The van der Waals surface area contributed by atoms with Gasteiger partial charge in [-0.2, -0.15) is 0 Å². The van der Waals surface area contributed by atoms with Crippen LogP contribution in [0.25, 0.3) is 0 Å². The highest BCUT2D eigenvalue weighted by Crippen LogP contribution is 2.60. The van der Waals surface area contributed by atoms with E-state index in [9.17, 15) is 9.59 Å². The summed E-state index contributed by atoms with van der Waals surface area (Å²) in [6.07, 6.45) is 2.21. The van der Waals surface area contributed by atoms with E-state index < -0.39 is 5.41 Å². The summed E-state index contributed by atoms with van der Waals surface area (Å²) in [5.74, 6) is 1.25. The van der Waals surface area contributed by atoms with Crippen molar-refractivity contribution in [1.82, 2.24) is 4.90 Å². The smallest absolute Gasteiger partial charge is 0.235 e. The lowest BCUT2D eigenvalue weighted by molar-refractivity contribution is -0.167. The lowest BCUT2D eigenvalue weighted by Crippen LogP contribution is -2.59. The Bertz CT molecular complexity index is 712. The SMILES string of the molecule is COc1ccc(CCN2C(=O)[C@H]3CC[C@@](C)(C2=O)C3(C)C)cc1OC. The van der Waals surface area contributed by atoms with Crippen molar-refractivity contribution in [3.05, 3.63) is 23.8 Å². The molecule has 1 saturated heterocycles. The van der Waals surface area contributed by atoms with E-state index >= 15 is 0 Å². The van der Waals surface area contributed by atoms with Gasteiger partial charge in [-0.05, 0) is 42.4 Å². The molecule has 0 aromatic heterocycles. The number of hydrogen-bond donors (Lipinski definition) is 0. The summed E-state index contributed by atoms with van der Waals surface area (Å²) in [5, 5.41) is 0. The van der Waals surface area contributed by atoms with Crippen molar-refractivity contribution < 1.29 is 19.1 Å². The first-order chi connectivity index (χ1) is 11.8. The zero-order valence-corrected chi connectivity index (χ0v) is 15.7. The van der Waals surface area contributed by atoms with E-state index in [-0.39, 0.29) is 23.1 Å². The molecule has 1 aromatic carbocycles. The minimum Gasteiger partial charge on any atom is -0.493 e. The molecule has 0 radical (unpaired) electrons. The number of ether oxygens (including phenoxy) is 2. The van der Waals surface area contributed by atoms with E-state index in [0.717, 1.165) is 18.4 Å². The zero-order valence-electron chi connectivity index (χ0n) is 15.7. The van der Waals surface area contributed by atoms with Crippen LogP contribution in [0.1, 0.15) is 39.2 Å². The summed E-state index contributed by atoms with van der Waals surface area (Å²) in [4.78, 5) is 27.4. The van der Waals surface area contributed by atoms with Gasteiger partial charge in [0, 0.05) is 12.5 Å². The second-order valence-corrected chi connectivity index (χ2v) is 7.88. The average molecular weight is 345 g/mol. The van der Waals surface area contributed by atoms with Crippen LogP contribution in [0.3, 0.4) is 0 Å². The Hall–Kier alpha value is -2.04. The monoisotopic (exact) mass is 345 g/mol. The minimum atomic E-state index is -0.441. The number of nitrogens with zero attached hydrogens (tertiary/aromatic N) is 1. The topological polar surface area (TPSA) is 55.8 Å². The van der Waals surface area contributed by atoms with Crippen molar-refractivity contribution in [2.75, 3.05) is 20.8 Å². The van der Waals surface area contributed by atoms with Crippen LogP contribution < -0.4 is 9.47 Å². The fourth-order valence-corrected chi connectivity index (χ4v) is 4.39. The highest BCUT2D eigenvalue weighted by Gasteiger charge is 2.64. The number of likely N-dealkylation sites (tertiary alicyclic amines) is 1. The molecule has 5 heteroatoms. The molecule has 2 amide bonds. The van der Waals surface area contributed by atoms with Gasteiger partial charge in [-0.1, -0.05) is 26.8 Å². The Kier molecular flexibility index (Phi) is 4.30. The molecule has 5 nitrogen and oxygen atoms in total. The Labute approximate surface area is 149 Å². The van der Waals surface area contributed by atoms with Crippen molar-refractivity contribution in [3.8, 4) is 11.5 Å².